The van der Waals surface area contributed by atoms with E-state index in [1.807, 2.05) is 0 Å². The molecule has 0 unspecified atom stereocenters. The molecule has 1 fully saturated rings. The van der Waals surface area contributed by atoms with Crippen molar-refractivity contribution in [1.29, 1.82) is 0 Å². The van der Waals surface area contributed by atoms with Crippen LogP contribution in [0, 0.1) is 0 Å². The molecule has 2 amide bonds. The second-order valence-electron chi connectivity index (χ2n) is 6.90. The highest BCUT2D eigenvalue weighted by Crippen LogP contribution is 2.19. The highest BCUT2D eigenvalue weighted by Gasteiger charge is 2.28. The summed E-state index contributed by atoms with van der Waals surface area (Å²) in [5.74, 6) is -0.110. The highest BCUT2D eigenvalue weighted by atomic mass is 35.5. The van der Waals surface area contributed by atoms with Crippen LogP contribution in [0.3, 0.4) is 0 Å². The number of aromatic amines is 1. The summed E-state index contributed by atoms with van der Waals surface area (Å²) in [5.41, 5.74) is 3.11. The number of nitrogens with zero attached hydrogens (tertiary/aromatic N) is 3. The minimum absolute atomic E-state index is 0.0480. The van der Waals surface area contributed by atoms with Gasteiger partial charge in [-0.1, -0.05) is 17.7 Å². The summed E-state index contributed by atoms with van der Waals surface area (Å²) in [6, 6.07) is 6.98. The first-order valence-electron chi connectivity index (χ1n) is 9.24. The lowest BCUT2D eigenvalue weighted by Crippen LogP contribution is -2.38. The standard InChI is InChI=1S/C19H22ClN5O2/c20-14-4-1-3-13(11-14)18(26)24-7-2-8-25(10-9-24)19(27)17-15-12-21-6-5-16(15)22-23-17/h1,3-4,11,21H,2,5-10,12H2,(H,22,23). The SMILES string of the molecule is O=C(c1cccc(Cl)c1)N1CCCN(C(=O)c2n[nH]c3c2CNCC3)CC1. The summed E-state index contributed by atoms with van der Waals surface area (Å²) in [7, 11) is 0. The van der Waals surface area contributed by atoms with Gasteiger partial charge in [0.1, 0.15) is 0 Å². The summed E-state index contributed by atoms with van der Waals surface area (Å²) < 4.78 is 0. The fraction of sp³-hybridized carbons (Fsp3) is 0.421. The monoisotopic (exact) mass is 387 g/mol. The number of hydrogen-bond acceptors (Lipinski definition) is 4. The third-order valence-corrected chi connectivity index (χ3v) is 5.39. The Bertz CT molecular complexity index is 866. The molecular weight excluding hydrogens is 366 g/mol. The van der Waals surface area contributed by atoms with Crippen molar-refractivity contribution in [3.8, 4) is 0 Å². The van der Waals surface area contributed by atoms with Gasteiger partial charge in [-0.2, -0.15) is 5.10 Å². The molecular formula is C19H22ClN5O2. The Morgan fingerprint density at radius 3 is 2.63 bits per heavy atom. The number of fused-ring (bicyclic) bond motifs is 1. The van der Waals surface area contributed by atoms with Crippen LogP contribution in [0.25, 0.3) is 0 Å². The number of H-pyrrole nitrogens is 1. The summed E-state index contributed by atoms with van der Waals surface area (Å²) in [6.45, 7) is 3.80. The number of rotatable bonds is 2. The molecule has 2 aliphatic rings. The van der Waals surface area contributed by atoms with Crippen LogP contribution in [-0.2, 0) is 13.0 Å². The summed E-state index contributed by atoms with van der Waals surface area (Å²) >= 11 is 6.00. The second kappa shape index (κ2) is 7.70. The Labute approximate surface area is 162 Å². The van der Waals surface area contributed by atoms with Crippen LogP contribution in [0.4, 0.5) is 0 Å². The Morgan fingerprint density at radius 1 is 1.07 bits per heavy atom. The lowest BCUT2D eigenvalue weighted by molar-refractivity contribution is 0.0715. The molecule has 8 heteroatoms. The van der Waals surface area contributed by atoms with Gasteiger partial charge in [-0.25, -0.2) is 0 Å². The highest BCUT2D eigenvalue weighted by molar-refractivity contribution is 6.30. The van der Waals surface area contributed by atoms with E-state index < -0.39 is 0 Å². The van der Waals surface area contributed by atoms with Gasteiger partial charge >= 0.3 is 0 Å². The minimum atomic E-state index is -0.0618. The third kappa shape index (κ3) is 3.70. The summed E-state index contributed by atoms with van der Waals surface area (Å²) in [6.07, 6.45) is 1.60. The van der Waals surface area contributed by atoms with Gasteiger partial charge in [0.25, 0.3) is 11.8 Å². The fourth-order valence-electron chi connectivity index (χ4n) is 3.68. The van der Waals surface area contributed by atoms with E-state index >= 15 is 0 Å². The largest absolute Gasteiger partial charge is 0.337 e. The lowest BCUT2D eigenvalue weighted by atomic mass is 10.1. The Kier molecular flexibility index (Phi) is 5.13. The Morgan fingerprint density at radius 2 is 1.85 bits per heavy atom. The molecule has 2 N–H and O–H groups in total. The van der Waals surface area contributed by atoms with E-state index in [0.29, 0.717) is 49.0 Å². The summed E-state index contributed by atoms with van der Waals surface area (Å²) in [5, 5.41) is 11.1. The van der Waals surface area contributed by atoms with Crippen LogP contribution in [0.2, 0.25) is 5.02 Å². The van der Waals surface area contributed by atoms with E-state index in [9.17, 15) is 9.59 Å². The number of carbonyl (C=O) groups is 2. The lowest BCUT2D eigenvalue weighted by Gasteiger charge is -2.22. The van der Waals surface area contributed by atoms with Crippen LogP contribution in [-0.4, -0.2) is 64.5 Å². The Hall–Kier alpha value is -2.38. The molecule has 0 radical (unpaired) electrons. The van der Waals surface area contributed by atoms with Gasteiger partial charge in [-0.15, -0.1) is 0 Å². The first kappa shape index (κ1) is 18.0. The number of aromatic nitrogens is 2. The number of halogens is 1. The first-order chi connectivity index (χ1) is 13.1. The van der Waals surface area contributed by atoms with Gasteiger partial charge in [-0.3, -0.25) is 14.7 Å². The van der Waals surface area contributed by atoms with Crippen molar-refractivity contribution in [2.24, 2.45) is 0 Å². The van der Waals surface area contributed by atoms with E-state index in [1.165, 1.54) is 0 Å². The number of benzene rings is 1. The molecule has 0 bridgehead atoms. The van der Waals surface area contributed by atoms with Crippen molar-refractivity contribution in [3.05, 3.63) is 51.8 Å². The molecule has 2 aromatic rings. The second-order valence-corrected chi connectivity index (χ2v) is 7.34. The van der Waals surface area contributed by atoms with E-state index in [0.717, 1.165) is 30.6 Å². The zero-order valence-corrected chi connectivity index (χ0v) is 15.8. The van der Waals surface area contributed by atoms with Gasteiger partial charge < -0.3 is 15.1 Å². The zero-order chi connectivity index (χ0) is 18.8. The van der Waals surface area contributed by atoms with Crippen molar-refractivity contribution < 1.29 is 9.59 Å². The minimum Gasteiger partial charge on any atom is -0.337 e. The molecule has 1 aromatic carbocycles. The molecule has 4 rings (SSSR count). The smallest absolute Gasteiger partial charge is 0.274 e. The van der Waals surface area contributed by atoms with Crippen molar-refractivity contribution >= 4 is 23.4 Å². The molecule has 0 atom stereocenters. The number of amides is 2. The molecule has 0 saturated carbocycles. The van der Waals surface area contributed by atoms with Crippen molar-refractivity contribution in [3.63, 3.8) is 0 Å². The molecule has 2 aliphatic heterocycles. The van der Waals surface area contributed by atoms with Crippen molar-refractivity contribution in [2.45, 2.75) is 19.4 Å². The van der Waals surface area contributed by atoms with Crippen LogP contribution >= 0.6 is 11.6 Å². The van der Waals surface area contributed by atoms with E-state index in [1.54, 1.807) is 34.1 Å². The van der Waals surface area contributed by atoms with Gasteiger partial charge in [0.15, 0.2) is 5.69 Å². The number of hydrogen-bond donors (Lipinski definition) is 2. The molecule has 7 nitrogen and oxygen atoms in total. The Balaban J connectivity index is 1.45. The van der Waals surface area contributed by atoms with E-state index in [-0.39, 0.29) is 11.8 Å². The van der Waals surface area contributed by atoms with Gasteiger partial charge in [-0.05, 0) is 24.6 Å². The molecule has 142 valence electrons. The fourth-order valence-corrected chi connectivity index (χ4v) is 3.87. The molecule has 0 aliphatic carbocycles. The van der Waals surface area contributed by atoms with Crippen LogP contribution in [0.5, 0.6) is 0 Å². The van der Waals surface area contributed by atoms with E-state index in [4.69, 9.17) is 11.6 Å². The zero-order valence-electron chi connectivity index (χ0n) is 15.0. The van der Waals surface area contributed by atoms with Crippen LogP contribution < -0.4 is 5.32 Å². The third-order valence-electron chi connectivity index (χ3n) is 5.15. The summed E-state index contributed by atoms with van der Waals surface area (Å²) in [4.78, 5) is 29.3. The predicted molar refractivity (Wildman–Crippen MR) is 102 cm³/mol. The quantitative estimate of drug-likeness (QED) is 0.821. The van der Waals surface area contributed by atoms with Crippen LogP contribution in [0.15, 0.2) is 24.3 Å². The van der Waals surface area contributed by atoms with Crippen LogP contribution in [0.1, 0.15) is 38.5 Å². The maximum absolute atomic E-state index is 13.0. The van der Waals surface area contributed by atoms with E-state index in [2.05, 4.69) is 15.5 Å². The maximum atomic E-state index is 13.0. The molecule has 1 saturated heterocycles. The normalized spacial score (nSPS) is 17.4. The van der Waals surface area contributed by atoms with Gasteiger partial charge in [0.2, 0.25) is 0 Å². The molecule has 27 heavy (non-hydrogen) atoms. The molecule has 0 spiro atoms. The van der Waals surface area contributed by atoms with Crippen molar-refractivity contribution in [1.82, 2.24) is 25.3 Å². The van der Waals surface area contributed by atoms with Gasteiger partial charge in [0, 0.05) is 67.5 Å². The number of carbonyl (C=O) groups excluding carboxylic acids is 2. The first-order valence-corrected chi connectivity index (χ1v) is 9.62. The average molecular weight is 388 g/mol. The molecule has 1 aromatic heterocycles. The molecule has 3 heterocycles. The maximum Gasteiger partial charge on any atom is 0.274 e. The predicted octanol–water partition coefficient (Wildman–Crippen LogP) is 1.70. The van der Waals surface area contributed by atoms with Gasteiger partial charge in [0.05, 0.1) is 0 Å². The van der Waals surface area contributed by atoms with Crippen molar-refractivity contribution in [2.75, 3.05) is 32.7 Å². The average Bonchev–Trinajstić information content (AvgIpc) is 2.96. The number of nitrogens with one attached hydrogen (secondary N) is 2. The topological polar surface area (TPSA) is 81.3 Å².